The Morgan fingerprint density at radius 1 is 0.659 bits per heavy atom. The molecule has 0 bridgehead atoms. The van der Waals surface area contributed by atoms with Gasteiger partial charge in [-0.3, -0.25) is 9.13 Å². The van der Waals surface area contributed by atoms with Crippen molar-refractivity contribution in [2.24, 2.45) is 0 Å². The molecule has 4 aromatic carbocycles. The van der Waals surface area contributed by atoms with E-state index in [0.717, 1.165) is 50.8 Å². The molecular weight excluding hydrogens is 555 g/mol. The first kappa shape index (κ1) is 28.5. The van der Waals surface area contributed by atoms with Crippen LogP contribution in [0, 0.1) is 0 Å². The second-order valence-corrected chi connectivity index (χ2v) is 11.2. The molecular formula is C33H32Cl2N4O2. The van der Waals surface area contributed by atoms with Gasteiger partial charge >= 0.3 is 0 Å². The van der Waals surface area contributed by atoms with Crippen molar-refractivity contribution < 1.29 is 9.84 Å². The maximum absolute atomic E-state index is 9.71. The molecule has 0 aliphatic heterocycles. The van der Waals surface area contributed by atoms with Crippen molar-refractivity contribution in [3.05, 3.63) is 107 Å². The zero-order valence-corrected chi connectivity index (χ0v) is 25.1. The monoisotopic (exact) mass is 586 g/mol. The van der Waals surface area contributed by atoms with Crippen molar-refractivity contribution in [2.75, 3.05) is 7.11 Å². The summed E-state index contributed by atoms with van der Waals surface area (Å²) in [6, 6.07) is 26.7. The summed E-state index contributed by atoms with van der Waals surface area (Å²) in [6.07, 6.45) is 0. The van der Waals surface area contributed by atoms with E-state index in [-0.39, 0.29) is 11.7 Å². The molecule has 8 heteroatoms. The fourth-order valence-electron chi connectivity index (χ4n) is 4.87. The minimum atomic E-state index is 0.237. The number of methoxy groups -OCH3 is 1. The fraction of sp³-hybridized carbons (Fsp3) is 0.212. The average Bonchev–Trinajstić information content (AvgIpc) is 3.55. The van der Waals surface area contributed by atoms with Crippen LogP contribution in [0.1, 0.15) is 51.2 Å². The van der Waals surface area contributed by atoms with E-state index < -0.39 is 0 Å². The van der Waals surface area contributed by atoms with E-state index in [2.05, 4.69) is 43.3 Å². The van der Waals surface area contributed by atoms with E-state index in [1.807, 2.05) is 71.3 Å². The molecule has 0 spiro atoms. The van der Waals surface area contributed by atoms with Crippen LogP contribution < -0.4 is 4.74 Å². The summed E-state index contributed by atoms with van der Waals surface area (Å²) < 4.78 is 9.52. The highest BCUT2D eigenvalue weighted by Gasteiger charge is 2.18. The molecule has 2 heterocycles. The SMILES string of the molecule is CC(C)c1nc2c(Cl)cccc2n1-c1cccc(O)c1.COc1cccc(-n2c(C(C)C)nc3c(Cl)cccc32)c1. The van der Waals surface area contributed by atoms with Gasteiger partial charge in [-0.1, -0.05) is 75.2 Å². The van der Waals surface area contributed by atoms with Crippen molar-refractivity contribution in [3.63, 3.8) is 0 Å². The first-order chi connectivity index (χ1) is 19.7. The molecule has 6 rings (SSSR count). The van der Waals surface area contributed by atoms with E-state index >= 15 is 0 Å². The number of phenolic OH excluding ortho intramolecular Hbond substituents is 1. The van der Waals surface area contributed by atoms with Gasteiger partial charge in [0.1, 0.15) is 34.2 Å². The van der Waals surface area contributed by atoms with Gasteiger partial charge in [0.2, 0.25) is 0 Å². The Bertz CT molecular complexity index is 1840. The van der Waals surface area contributed by atoms with E-state index in [4.69, 9.17) is 32.9 Å². The molecule has 0 aliphatic carbocycles. The lowest BCUT2D eigenvalue weighted by Crippen LogP contribution is -2.03. The number of imidazole rings is 2. The minimum absolute atomic E-state index is 0.237. The number of aromatic nitrogens is 4. The molecule has 0 atom stereocenters. The summed E-state index contributed by atoms with van der Waals surface area (Å²) >= 11 is 12.5. The maximum atomic E-state index is 9.71. The Labute approximate surface area is 249 Å². The van der Waals surface area contributed by atoms with Crippen LogP contribution in [0.3, 0.4) is 0 Å². The van der Waals surface area contributed by atoms with E-state index in [1.54, 1.807) is 19.2 Å². The Hall–Kier alpha value is -4.00. The molecule has 0 radical (unpaired) electrons. The molecule has 0 saturated carbocycles. The van der Waals surface area contributed by atoms with Crippen LogP contribution in [0.2, 0.25) is 10.0 Å². The predicted molar refractivity (Wildman–Crippen MR) is 169 cm³/mol. The van der Waals surface area contributed by atoms with Gasteiger partial charge in [0.05, 0.1) is 39.6 Å². The zero-order chi connectivity index (χ0) is 29.3. The molecule has 6 nitrogen and oxygen atoms in total. The predicted octanol–water partition coefficient (Wildman–Crippen LogP) is 9.32. The van der Waals surface area contributed by atoms with Gasteiger partial charge < -0.3 is 9.84 Å². The van der Waals surface area contributed by atoms with Crippen LogP contribution in [0.15, 0.2) is 84.9 Å². The van der Waals surface area contributed by atoms with Gasteiger partial charge in [-0.15, -0.1) is 0 Å². The minimum Gasteiger partial charge on any atom is -0.508 e. The molecule has 0 saturated heterocycles. The standard InChI is InChI=1S/C17H17ClN2O.C16H15ClN2O/c1-11(2)17-19-16-14(18)8-5-9-15(16)20(17)12-6-4-7-13(10-12)21-3;1-10(2)16-18-15-13(17)7-4-8-14(15)19(16)11-5-3-6-12(20)9-11/h4-11H,1-3H3;3-10,20H,1-2H3. The molecule has 2 aromatic heterocycles. The molecule has 0 aliphatic rings. The normalized spacial score (nSPS) is 11.3. The van der Waals surface area contributed by atoms with Crippen LogP contribution in [0.4, 0.5) is 0 Å². The lowest BCUT2D eigenvalue weighted by Gasteiger charge is -2.12. The van der Waals surface area contributed by atoms with Crippen molar-refractivity contribution >= 4 is 45.3 Å². The Morgan fingerprint density at radius 3 is 1.59 bits per heavy atom. The van der Waals surface area contributed by atoms with E-state index in [0.29, 0.717) is 16.0 Å². The Morgan fingerprint density at radius 2 is 1.12 bits per heavy atom. The lowest BCUT2D eigenvalue weighted by molar-refractivity contribution is 0.414. The van der Waals surface area contributed by atoms with Crippen LogP contribution >= 0.6 is 23.2 Å². The Balaban J connectivity index is 0.000000165. The van der Waals surface area contributed by atoms with Crippen molar-refractivity contribution in [3.8, 4) is 22.9 Å². The summed E-state index contributed by atoms with van der Waals surface area (Å²) in [7, 11) is 1.67. The first-order valence-corrected chi connectivity index (χ1v) is 14.2. The molecule has 41 heavy (non-hydrogen) atoms. The maximum Gasteiger partial charge on any atom is 0.120 e. The molecule has 6 aromatic rings. The van der Waals surface area contributed by atoms with Crippen molar-refractivity contribution in [2.45, 2.75) is 39.5 Å². The number of phenols is 1. The van der Waals surface area contributed by atoms with Crippen LogP contribution in [0.25, 0.3) is 33.4 Å². The van der Waals surface area contributed by atoms with Crippen LogP contribution in [-0.4, -0.2) is 31.3 Å². The topological polar surface area (TPSA) is 65.1 Å². The highest BCUT2D eigenvalue weighted by molar-refractivity contribution is 6.35. The first-order valence-electron chi connectivity index (χ1n) is 13.5. The number of hydrogen-bond acceptors (Lipinski definition) is 4. The molecule has 0 unspecified atom stereocenters. The zero-order valence-electron chi connectivity index (χ0n) is 23.6. The third kappa shape index (κ3) is 5.63. The van der Waals surface area contributed by atoms with Gasteiger partial charge in [-0.2, -0.15) is 0 Å². The molecule has 210 valence electrons. The van der Waals surface area contributed by atoms with Gasteiger partial charge in [0.15, 0.2) is 0 Å². The lowest BCUT2D eigenvalue weighted by atomic mass is 10.2. The molecule has 0 amide bonds. The number of aromatic hydroxyl groups is 1. The second-order valence-electron chi connectivity index (χ2n) is 10.4. The number of ether oxygens (including phenoxy) is 1. The number of fused-ring (bicyclic) bond motifs is 2. The number of halogens is 2. The van der Waals surface area contributed by atoms with Gasteiger partial charge in [-0.25, -0.2) is 9.97 Å². The second kappa shape index (κ2) is 11.9. The molecule has 0 fully saturated rings. The quantitative estimate of drug-likeness (QED) is 0.218. The smallest absolute Gasteiger partial charge is 0.120 e. The van der Waals surface area contributed by atoms with Crippen LogP contribution in [0.5, 0.6) is 11.5 Å². The number of nitrogens with zero attached hydrogens (tertiary/aromatic N) is 4. The third-order valence-corrected chi connectivity index (χ3v) is 7.37. The summed E-state index contributed by atoms with van der Waals surface area (Å²) in [6.45, 7) is 8.44. The highest BCUT2D eigenvalue weighted by Crippen LogP contribution is 2.32. The van der Waals surface area contributed by atoms with Crippen LogP contribution in [-0.2, 0) is 0 Å². The van der Waals surface area contributed by atoms with Gasteiger partial charge in [0, 0.05) is 24.0 Å². The average molecular weight is 588 g/mol. The summed E-state index contributed by atoms with van der Waals surface area (Å²) in [5.74, 6) is 3.53. The van der Waals surface area contributed by atoms with E-state index in [1.165, 1.54) is 0 Å². The van der Waals surface area contributed by atoms with Crippen molar-refractivity contribution in [1.29, 1.82) is 0 Å². The van der Waals surface area contributed by atoms with E-state index in [9.17, 15) is 5.11 Å². The summed E-state index contributed by atoms with van der Waals surface area (Å²) in [5, 5.41) is 11.0. The van der Waals surface area contributed by atoms with Crippen molar-refractivity contribution in [1.82, 2.24) is 19.1 Å². The number of hydrogen-bond donors (Lipinski definition) is 1. The summed E-state index contributed by atoms with van der Waals surface area (Å²) in [4.78, 5) is 9.40. The fourth-order valence-corrected chi connectivity index (χ4v) is 5.29. The largest absolute Gasteiger partial charge is 0.508 e. The Kier molecular flexibility index (Phi) is 8.25. The summed E-state index contributed by atoms with van der Waals surface area (Å²) in [5.41, 5.74) is 5.51. The highest BCUT2D eigenvalue weighted by atomic mass is 35.5. The van der Waals surface area contributed by atoms with Gasteiger partial charge in [-0.05, 0) is 48.5 Å². The molecule has 1 N–H and O–H groups in total. The van der Waals surface area contributed by atoms with Gasteiger partial charge in [0.25, 0.3) is 0 Å². The number of rotatable bonds is 5. The number of para-hydroxylation sites is 2. The third-order valence-electron chi connectivity index (χ3n) is 6.76. The number of benzene rings is 4.